The summed E-state index contributed by atoms with van der Waals surface area (Å²) < 4.78 is 0. The van der Waals surface area contributed by atoms with Crippen molar-refractivity contribution < 1.29 is 9.90 Å². The average molecular weight is 243 g/mol. The Hall–Kier alpha value is -2.03. The molecule has 0 bridgehead atoms. The monoisotopic (exact) mass is 243 g/mol. The number of hydrogen-bond donors (Lipinski definition) is 2. The van der Waals surface area contributed by atoms with Gasteiger partial charge in [-0.2, -0.15) is 0 Å². The summed E-state index contributed by atoms with van der Waals surface area (Å²) in [4.78, 5) is 11.9. The van der Waals surface area contributed by atoms with Gasteiger partial charge in [0, 0.05) is 17.0 Å². The van der Waals surface area contributed by atoms with E-state index in [1.165, 1.54) is 6.07 Å². The number of aryl methyl sites for hydroxylation is 1. The van der Waals surface area contributed by atoms with Gasteiger partial charge in [0.25, 0.3) is 5.91 Å². The lowest BCUT2D eigenvalue weighted by Crippen LogP contribution is -2.29. The normalized spacial score (nSPS) is 10.9. The summed E-state index contributed by atoms with van der Waals surface area (Å²) in [5.74, 6) is -0.0205. The number of rotatable bonds is 2. The Morgan fingerprint density at radius 1 is 1.22 bits per heavy atom. The van der Waals surface area contributed by atoms with Gasteiger partial charge in [0.2, 0.25) is 0 Å². The lowest BCUT2D eigenvalue weighted by atomic mass is 10.0. The van der Waals surface area contributed by atoms with E-state index in [-0.39, 0.29) is 17.7 Å². The summed E-state index contributed by atoms with van der Waals surface area (Å²) in [6, 6.07) is 9.18. The first-order valence-corrected chi connectivity index (χ1v) is 6.01. The largest absolute Gasteiger partial charge is 0.507 e. The number of carbonyl (C=O) groups is 1. The molecule has 3 nitrogen and oxygen atoms in total. The smallest absolute Gasteiger partial charge is 0.251 e. The van der Waals surface area contributed by atoms with E-state index in [1.54, 1.807) is 6.07 Å². The fourth-order valence-electron chi connectivity index (χ4n) is 1.93. The van der Waals surface area contributed by atoms with Crippen molar-refractivity contribution in [1.82, 2.24) is 5.32 Å². The van der Waals surface area contributed by atoms with Crippen molar-refractivity contribution in [2.24, 2.45) is 0 Å². The quantitative estimate of drug-likeness (QED) is 0.851. The minimum Gasteiger partial charge on any atom is -0.507 e. The SMILES string of the molecule is Cc1ccc2cc(C(=O)NC(C)C)cc(O)c2c1. The zero-order chi connectivity index (χ0) is 13.3. The maximum atomic E-state index is 11.9. The number of phenolic OH excluding ortho intramolecular Hbond substituents is 1. The van der Waals surface area contributed by atoms with Gasteiger partial charge in [-0.3, -0.25) is 4.79 Å². The summed E-state index contributed by atoms with van der Waals surface area (Å²) in [6.45, 7) is 5.78. The van der Waals surface area contributed by atoms with Gasteiger partial charge >= 0.3 is 0 Å². The molecule has 2 N–H and O–H groups in total. The van der Waals surface area contributed by atoms with Crippen LogP contribution < -0.4 is 5.32 Å². The number of aromatic hydroxyl groups is 1. The first kappa shape index (κ1) is 12.4. The Labute approximate surface area is 106 Å². The minimum atomic E-state index is -0.164. The molecule has 3 heteroatoms. The van der Waals surface area contributed by atoms with E-state index in [1.807, 2.05) is 39.0 Å². The molecule has 2 aromatic rings. The van der Waals surface area contributed by atoms with Gasteiger partial charge in [-0.25, -0.2) is 0 Å². The number of benzene rings is 2. The first-order chi connectivity index (χ1) is 8.47. The highest BCUT2D eigenvalue weighted by Crippen LogP contribution is 2.27. The molecular weight excluding hydrogens is 226 g/mol. The molecular formula is C15H17NO2. The van der Waals surface area contributed by atoms with Gasteiger partial charge in [0.15, 0.2) is 0 Å². The molecule has 0 aliphatic carbocycles. The van der Waals surface area contributed by atoms with Crippen LogP contribution in [0.15, 0.2) is 30.3 Å². The van der Waals surface area contributed by atoms with Crippen LogP contribution in [-0.2, 0) is 0 Å². The number of hydrogen-bond acceptors (Lipinski definition) is 2. The molecule has 0 aromatic heterocycles. The molecule has 94 valence electrons. The van der Waals surface area contributed by atoms with Crippen LogP contribution in [-0.4, -0.2) is 17.1 Å². The van der Waals surface area contributed by atoms with Crippen LogP contribution in [0.2, 0.25) is 0 Å². The standard InChI is InChI=1S/C15H17NO2/c1-9(2)16-15(18)12-7-11-5-4-10(3)6-13(11)14(17)8-12/h4-9,17H,1-3H3,(H,16,18). The third-order valence-electron chi connectivity index (χ3n) is 2.77. The minimum absolute atomic E-state index is 0.0772. The second kappa shape index (κ2) is 4.69. The number of phenols is 1. The number of nitrogens with one attached hydrogen (secondary N) is 1. The average Bonchev–Trinajstić information content (AvgIpc) is 2.29. The van der Waals surface area contributed by atoms with Crippen molar-refractivity contribution >= 4 is 16.7 Å². The zero-order valence-electron chi connectivity index (χ0n) is 10.8. The molecule has 0 aliphatic rings. The predicted molar refractivity (Wildman–Crippen MR) is 73.0 cm³/mol. The topological polar surface area (TPSA) is 49.3 Å². The maximum absolute atomic E-state index is 11.9. The van der Waals surface area contributed by atoms with Crippen LogP contribution in [0, 0.1) is 6.92 Å². The highest BCUT2D eigenvalue weighted by molar-refractivity contribution is 6.01. The predicted octanol–water partition coefficient (Wildman–Crippen LogP) is 2.99. The summed E-state index contributed by atoms with van der Waals surface area (Å²) in [5.41, 5.74) is 1.56. The van der Waals surface area contributed by atoms with Crippen molar-refractivity contribution in [2.75, 3.05) is 0 Å². The lowest BCUT2D eigenvalue weighted by Gasteiger charge is -2.10. The van der Waals surface area contributed by atoms with E-state index in [9.17, 15) is 9.90 Å². The van der Waals surface area contributed by atoms with Crippen LogP contribution in [0.4, 0.5) is 0 Å². The molecule has 0 atom stereocenters. The number of amides is 1. The fraction of sp³-hybridized carbons (Fsp3) is 0.267. The van der Waals surface area contributed by atoms with Crippen LogP contribution in [0.1, 0.15) is 29.8 Å². The molecule has 2 aromatic carbocycles. The number of fused-ring (bicyclic) bond motifs is 1. The van der Waals surface area contributed by atoms with Crippen molar-refractivity contribution in [1.29, 1.82) is 0 Å². The van der Waals surface area contributed by atoms with E-state index < -0.39 is 0 Å². The lowest BCUT2D eigenvalue weighted by molar-refractivity contribution is 0.0943. The molecule has 0 unspecified atom stereocenters. The molecule has 0 fully saturated rings. The van der Waals surface area contributed by atoms with Gasteiger partial charge in [-0.1, -0.05) is 17.7 Å². The van der Waals surface area contributed by atoms with E-state index >= 15 is 0 Å². The Bertz CT molecular complexity index is 603. The Morgan fingerprint density at radius 2 is 1.94 bits per heavy atom. The van der Waals surface area contributed by atoms with Gasteiger partial charge in [0.05, 0.1) is 0 Å². The second-order valence-electron chi connectivity index (χ2n) is 4.85. The maximum Gasteiger partial charge on any atom is 0.251 e. The third-order valence-corrected chi connectivity index (χ3v) is 2.77. The summed E-state index contributed by atoms with van der Waals surface area (Å²) in [6.07, 6.45) is 0. The number of carbonyl (C=O) groups excluding carboxylic acids is 1. The molecule has 0 aliphatic heterocycles. The van der Waals surface area contributed by atoms with Crippen molar-refractivity contribution in [3.63, 3.8) is 0 Å². The van der Waals surface area contributed by atoms with Crippen LogP contribution in [0.25, 0.3) is 10.8 Å². The van der Waals surface area contributed by atoms with Gasteiger partial charge in [-0.15, -0.1) is 0 Å². The van der Waals surface area contributed by atoms with E-state index in [2.05, 4.69) is 5.32 Å². The summed E-state index contributed by atoms with van der Waals surface area (Å²) in [7, 11) is 0. The third kappa shape index (κ3) is 2.45. The molecule has 0 radical (unpaired) electrons. The summed E-state index contributed by atoms with van der Waals surface area (Å²) >= 11 is 0. The van der Waals surface area contributed by atoms with E-state index in [0.717, 1.165) is 16.3 Å². The first-order valence-electron chi connectivity index (χ1n) is 6.01. The molecule has 2 rings (SSSR count). The van der Waals surface area contributed by atoms with Crippen LogP contribution >= 0.6 is 0 Å². The van der Waals surface area contributed by atoms with Crippen molar-refractivity contribution in [3.8, 4) is 5.75 Å². The molecule has 0 heterocycles. The van der Waals surface area contributed by atoms with E-state index in [4.69, 9.17) is 0 Å². The highest BCUT2D eigenvalue weighted by atomic mass is 16.3. The van der Waals surface area contributed by atoms with Gasteiger partial charge in [-0.05, 0) is 44.4 Å². The van der Waals surface area contributed by atoms with Gasteiger partial charge in [0.1, 0.15) is 5.75 Å². The van der Waals surface area contributed by atoms with Crippen molar-refractivity contribution in [3.05, 3.63) is 41.5 Å². The summed E-state index contributed by atoms with van der Waals surface area (Å²) in [5, 5.41) is 14.4. The van der Waals surface area contributed by atoms with Crippen LogP contribution in [0.3, 0.4) is 0 Å². The molecule has 1 amide bonds. The Morgan fingerprint density at radius 3 is 2.61 bits per heavy atom. The molecule has 0 spiro atoms. The fourth-order valence-corrected chi connectivity index (χ4v) is 1.93. The second-order valence-corrected chi connectivity index (χ2v) is 4.85. The zero-order valence-corrected chi connectivity index (χ0v) is 10.8. The molecule has 0 saturated carbocycles. The highest BCUT2D eigenvalue weighted by Gasteiger charge is 2.10. The van der Waals surface area contributed by atoms with Crippen LogP contribution in [0.5, 0.6) is 5.75 Å². The molecule has 0 saturated heterocycles. The van der Waals surface area contributed by atoms with E-state index in [0.29, 0.717) is 5.56 Å². The Balaban J connectivity index is 2.49. The van der Waals surface area contributed by atoms with Crippen molar-refractivity contribution in [2.45, 2.75) is 26.8 Å². The Kier molecular flexibility index (Phi) is 3.24. The molecule has 18 heavy (non-hydrogen) atoms. The van der Waals surface area contributed by atoms with Gasteiger partial charge < -0.3 is 10.4 Å².